The summed E-state index contributed by atoms with van der Waals surface area (Å²) in [7, 11) is 1.81. The number of carbonyl (C=O) groups excluding carboxylic acids is 1. The van der Waals surface area contributed by atoms with Crippen molar-refractivity contribution in [2.75, 3.05) is 20.3 Å². The first-order valence-electron chi connectivity index (χ1n) is 12.1. The summed E-state index contributed by atoms with van der Waals surface area (Å²) in [5, 5.41) is 11.2. The number of rotatable bonds is 6. The van der Waals surface area contributed by atoms with E-state index in [1.165, 1.54) is 37.7 Å². The molecule has 8 heteroatoms. The Kier molecular flexibility index (Phi) is 6.85. The van der Waals surface area contributed by atoms with Gasteiger partial charge in [-0.05, 0) is 64.6 Å². The molecule has 178 valence electrons. The Morgan fingerprint density at radius 3 is 2.71 bits per heavy atom. The van der Waals surface area contributed by atoms with Crippen LogP contribution in [0, 0.1) is 5.92 Å². The van der Waals surface area contributed by atoms with Crippen molar-refractivity contribution in [2.45, 2.75) is 51.3 Å². The quantitative estimate of drug-likeness (QED) is 0.551. The minimum Gasteiger partial charge on any atom is -0.491 e. The van der Waals surface area contributed by atoms with Gasteiger partial charge in [0.2, 0.25) is 0 Å². The number of fused-ring (bicyclic) bond motifs is 1. The lowest BCUT2D eigenvalue weighted by molar-refractivity contribution is 0.0353. The molecule has 1 aliphatic carbocycles. The van der Waals surface area contributed by atoms with E-state index >= 15 is 0 Å². The lowest BCUT2D eigenvalue weighted by Gasteiger charge is -2.30. The molecule has 0 spiro atoms. The maximum absolute atomic E-state index is 13.3. The van der Waals surface area contributed by atoms with Crippen molar-refractivity contribution in [1.29, 1.82) is 0 Å². The first-order chi connectivity index (χ1) is 16.7. The Hall–Kier alpha value is -3.26. The summed E-state index contributed by atoms with van der Waals surface area (Å²) >= 11 is 0. The molecule has 1 amide bonds. The van der Waals surface area contributed by atoms with Crippen LogP contribution < -0.4 is 4.74 Å². The molecular formula is C26H31N5O3. The van der Waals surface area contributed by atoms with Gasteiger partial charge in [-0.1, -0.05) is 37.5 Å². The molecule has 0 saturated heterocycles. The van der Waals surface area contributed by atoms with Gasteiger partial charge < -0.3 is 14.4 Å². The zero-order valence-electron chi connectivity index (χ0n) is 19.6. The molecule has 1 fully saturated rings. The summed E-state index contributed by atoms with van der Waals surface area (Å²) in [6.07, 6.45) is 7.95. The van der Waals surface area contributed by atoms with Crippen LogP contribution in [0.5, 0.6) is 5.75 Å². The van der Waals surface area contributed by atoms with Crippen molar-refractivity contribution in [2.24, 2.45) is 5.92 Å². The third kappa shape index (κ3) is 4.97. The molecule has 34 heavy (non-hydrogen) atoms. The van der Waals surface area contributed by atoms with E-state index in [-0.39, 0.29) is 12.0 Å². The largest absolute Gasteiger partial charge is 0.491 e. The molecule has 1 saturated carbocycles. The van der Waals surface area contributed by atoms with Gasteiger partial charge in [-0.2, -0.15) is 0 Å². The maximum Gasteiger partial charge on any atom is 0.254 e. The SMILES string of the molecule is CO[C@H](c1ccc2c(c1)CN(C(=O)c1ccc(Cn3cnnn3)cc1)CCO2)C1CCCCC1. The van der Waals surface area contributed by atoms with Gasteiger partial charge >= 0.3 is 0 Å². The summed E-state index contributed by atoms with van der Waals surface area (Å²) in [6.45, 7) is 2.11. The number of ether oxygens (including phenoxy) is 2. The van der Waals surface area contributed by atoms with Gasteiger partial charge in [0, 0.05) is 24.8 Å². The molecule has 8 nitrogen and oxygen atoms in total. The van der Waals surface area contributed by atoms with Crippen LogP contribution in [0.1, 0.15) is 65.3 Å². The Morgan fingerprint density at radius 2 is 1.97 bits per heavy atom. The number of methoxy groups -OCH3 is 1. The molecule has 3 aromatic rings. The topological polar surface area (TPSA) is 82.4 Å². The highest BCUT2D eigenvalue weighted by Gasteiger charge is 2.27. The van der Waals surface area contributed by atoms with Gasteiger partial charge in [-0.3, -0.25) is 4.79 Å². The van der Waals surface area contributed by atoms with E-state index in [4.69, 9.17) is 9.47 Å². The van der Waals surface area contributed by atoms with E-state index in [0.717, 1.165) is 16.9 Å². The van der Waals surface area contributed by atoms with E-state index in [9.17, 15) is 4.79 Å². The van der Waals surface area contributed by atoms with Gasteiger partial charge in [0.1, 0.15) is 18.7 Å². The van der Waals surface area contributed by atoms with Crippen LogP contribution >= 0.6 is 0 Å². The van der Waals surface area contributed by atoms with Gasteiger partial charge in [0.25, 0.3) is 5.91 Å². The normalized spacial score (nSPS) is 17.5. The zero-order chi connectivity index (χ0) is 23.3. The van der Waals surface area contributed by atoms with Crippen molar-refractivity contribution in [1.82, 2.24) is 25.1 Å². The number of benzene rings is 2. The Bertz CT molecular complexity index is 1090. The third-order valence-corrected chi connectivity index (χ3v) is 6.95. The second-order valence-corrected chi connectivity index (χ2v) is 9.20. The lowest BCUT2D eigenvalue weighted by Crippen LogP contribution is -2.32. The van der Waals surface area contributed by atoms with Crippen LogP contribution in [0.3, 0.4) is 0 Å². The first kappa shape index (κ1) is 22.5. The van der Waals surface area contributed by atoms with Gasteiger partial charge in [0.15, 0.2) is 0 Å². The number of hydrogen-bond acceptors (Lipinski definition) is 6. The summed E-state index contributed by atoms with van der Waals surface area (Å²) < 4.78 is 13.6. The van der Waals surface area contributed by atoms with E-state index in [0.29, 0.717) is 37.7 Å². The number of aromatic nitrogens is 4. The smallest absolute Gasteiger partial charge is 0.254 e. The second-order valence-electron chi connectivity index (χ2n) is 9.20. The highest BCUT2D eigenvalue weighted by molar-refractivity contribution is 5.94. The van der Waals surface area contributed by atoms with E-state index in [1.807, 2.05) is 35.2 Å². The van der Waals surface area contributed by atoms with Crippen LogP contribution in [0.2, 0.25) is 0 Å². The highest BCUT2D eigenvalue weighted by atomic mass is 16.5. The van der Waals surface area contributed by atoms with Gasteiger partial charge in [-0.15, -0.1) is 5.10 Å². The fourth-order valence-corrected chi connectivity index (χ4v) is 5.18. The van der Waals surface area contributed by atoms with Crippen LogP contribution in [0.4, 0.5) is 0 Å². The number of tetrazole rings is 1. The lowest BCUT2D eigenvalue weighted by atomic mass is 9.82. The van der Waals surface area contributed by atoms with Crippen molar-refractivity contribution in [3.8, 4) is 5.75 Å². The number of nitrogens with zero attached hydrogens (tertiary/aromatic N) is 5. The van der Waals surface area contributed by atoms with Gasteiger partial charge in [-0.25, -0.2) is 4.68 Å². The van der Waals surface area contributed by atoms with E-state index < -0.39 is 0 Å². The van der Waals surface area contributed by atoms with E-state index in [2.05, 4.69) is 27.7 Å². The van der Waals surface area contributed by atoms with Crippen molar-refractivity contribution < 1.29 is 14.3 Å². The average molecular weight is 462 g/mol. The molecule has 1 aliphatic heterocycles. The molecule has 2 aliphatic rings. The molecule has 0 bridgehead atoms. The molecule has 1 aromatic heterocycles. The van der Waals surface area contributed by atoms with Crippen LogP contribution in [-0.2, 0) is 17.8 Å². The monoisotopic (exact) mass is 461 g/mol. The molecule has 0 radical (unpaired) electrons. The zero-order valence-corrected chi connectivity index (χ0v) is 19.6. The number of amides is 1. The minimum atomic E-state index is 0.00592. The summed E-state index contributed by atoms with van der Waals surface area (Å²) in [6, 6.07) is 14.0. The summed E-state index contributed by atoms with van der Waals surface area (Å²) in [5.41, 5.74) is 3.91. The summed E-state index contributed by atoms with van der Waals surface area (Å²) in [4.78, 5) is 15.2. The Balaban J connectivity index is 1.31. The maximum atomic E-state index is 13.3. The molecule has 2 aromatic carbocycles. The number of hydrogen-bond donors (Lipinski definition) is 0. The third-order valence-electron chi connectivity index (χ3n) is 6.95. The Morgan fingerprint density at radius 1 is 1.15 bits per heavy atom. The van der Waals surface area contributed by atoms with Crippen LogP contribution in [-0.4, -0.2) is 51.3 Å². The molecule has 0 unspecified atom stereocenters. The molecular weight excluding hydrogens is 430 g/mol. The van der Waals surface area contributed by atoms with Gasteiger partial charge in [0.05, 0.1) is 19.2 Å². The second kappa shape index (κ2) is 10.3. The fourth-order valence-electron chi connectivity index (χ4n) is 5.18. The van der Waals surface area contributed by atoms with Crippen molar-refractivity contribution in [3.05, 3.63) is 71.0 Å². The predicted molar refractivity (Wildman–Crippen MR) is 126 cm³/mol. The van der Waals surface area contributed by atoms with E-state index in [1.54, 1.807) is 18.1 Å². The van der Waals surface area contributed by atoms with Crippen LogP contribution in [0.15, 0.2) is 48.8 Å². The number of carbonyl (C=O) groups is 1. The standard InChI is InChI=1S/C26H31N5O3/c1-33-25(20-5-3-2-4-6-20)22-11-12-24-23(15-22)17-30(13-14-34-24)26(32)21-9-7-19(8-10-21)16-31-18-27-28-29-31/h7-12,15,18,20,25H,2-6,13-14,16-17H2,1H3/t25-/m0/s1. The predicted octanol–water partition coefficient (Wildman–Crippen LogP) is 4.02. The first-order valence-corrected chi connectivity index (χ1v) is 12.1. The van der Waals surface area contributed by atoms with Crippen molar-refractivity contribution in [3.63, 3.8) is 0 Å². The van der Waals surface area contributed by atoms with Crippen molar-refractivity contribution >= 4 is 5.91 Å². The molecule has 5 rings (SSSR count). The molecule has 0 N–H and O–H groups in total. The minimum absolute atomic E-state index is 0.00592. The summed E-state index contributed by atoms with van der Waals surface area (Å²) in [5.74, 6) is 1.41. The highest BCUT2D eigenvalue weighted by Crippen LogP contribution is 2.38. The Labute approximate surface area is 199 Å². The average Bonchev–Trinajstić information content (AvgIpc) is 3.29. The van der Waals surface area contributed by atoms with Crippen LogP contribution in [0.25, 0.3) is 0 Å². The molecule has 2 heterocycles. The fraction of sp³-hybridized carbons (Fsp3) is 0.462. The molecule has 1 atom stereocenters.